The molecule has 0 amide bonds. The van der Waals surface area contributed by atoms with Gasteiger partial charge in [0.1, 0.15) is 11.6 Å². The van der Waals surface area contributed by atoms with Crippen LogP contribution in [-0.2, 0) is 11.3 Å². The number of pyridine rings is 1. The van der Waals surface area contributed by atoms with E-state index in [4.69, 9.17) is 4.74 Å². The summed E-state index contributed by atoms with van der Waals surface area (Å²) in [6.45, 7) is 0.855. The normalized spacial score (nSPS) is 11.2. The van der Waals surface area contributed by atoms with Crippen LogP contribution < -0.4 is 5.32 Å². The zero-order valence-electron chi connectivity index (χ0n) is 10.8. The van der Waals surface area contributed by atoms with Crippen molar-refractivity contribution in [2.45, 2.75) is 13.0 Å². The molecule has 2 rings (SSSR count). The lowest BCUT2D eigenvalue weighted by molar-refractivity contribution is 0.0187. The average Bonchev–Trinajstić information content (AvgIpc) is 2.92. The van der Waals surface area contributed by atoms with Crippen LogP contribution in [0.5, 0.6) is 0 Å². The number of nitrogens with one attached hydrogen (secondary N) is 1. The summed E-state index contributed by atoms with van der Waals surface area (Å²) in [5, 5.41) is 5.92. The van der Waals surface area contributed by atoms with Gasteiger partial charge in [-0.25, -0.2) is 13.8 Å². The molecule has 0 radical (unpaired) electrons. The minimum absolute atomic E-state index is 0.265. The lowest BCUT2D eigenvalue weighted by Crippen LogP contribution is -2.20. The van der Waals surface area contributed by atoms with Crippen LogP contribution in [0.3, 0.4) is 0 Å². The summed E-state index contributed by atoms with van der Waals surface area (Å²) in [5.74, 6) is 0. The Balaban J connectivity index is 1.71. The molecule has 0 spiro atoms. The van der Waals surface area contributed by atoms with E-state index in [1.54, 1.807) is 6.20 Å². The van der Waals surface area contributed by atoms with Crippen LogP contribution in [-0.4, -0.2) is 36.2 Å². The molecule has 0 aliphatic carbocycles. The maximum atomic E-state index is 11.8. The van der Waals surface area contributed by atoms with Crippen LogP contribution in [0.1, 0.15) is 5.69 Å². The van der Waals surface area contributed by atoms with Crippen LogP contribution in [0.4, 0.5) is 8.78 Å². The first kappa shape index (κ1) is 15.0. The summed E-state index contributed by atoms with van der Waals surface area (Å²) in [6.07, 6.45) is -0.677. The van der Waals surface area contributed by atoms with Gasteiger partial charge < -0.3 is 10.1 Å². The highest BCUT2D eigenvalue weighted by molar-refractivity contribution is 7.13. The standard InChI is InChI=1S/C13H15F2N3OS/c14-12(15)8-19-6-5-16-7-10-9-20-13(18-10)11-3-1-2-4-17-11/h1-4,9,12,16H,5-8H2. The molecule has 4 nitrogen and oxygen atoms in total. The topological polar surface area (TPSA) is 47.0 Å². The molecule has 1 N–H and O–H groups in total. The van der Waals surface area contributed by atoms with Crippen molar-refractivity contribution >= 4 is 11.3 Å². The van der Waals surface area contributed by atoms with E-state index in [-0.39, 0.29) is 6.61 Å². The summed E-state index contributed by atoms with van der Waals surface area (Å²) in [4.78, 5) is 8.70. The lowest BCUT2D eigenvalue weighted by atomic mass is 10.3. The van der Waals surface area contributed by atoms with Gasteiger partial charge in [0.05, 0.1) is 18.0 Å². The first-order chi connectivity index (χ1) is 9.75. The zero-order valence-corrected chi connectivity index (χ0v) is 11.6. The van der Waals surface area contributed by atoms with E-state index in [1.807, 2.05) is 23.6 Å². The highest BCUT2D eigenvalue weighted by atomic mass is 32.1. The fourth-order valence-electron chi connectivity index (χ4n) is 1.53. The number of aromatic nitrogens is 2. The molecule has 0 unspecified atom stereocenters. The molecule has 0 bridgehead atoms. The summed E-state index contributed by atoms with van der Waals surface area (Å²) >= 11 is 1.53. The van der Waals surface area contributed by atoms with E-state index in [0.29, 0.717) is 13.1 Å². The van der Waals surface area contributed by atoms with Crippen LogP contribution in [0.25, 0.3) is 10.7 Å². The second kappa shape index (κ2) is 7.98. The predicted octanol–water partition coefficient (Wildman–Crippen LogP) is 2.58. The van der Waals surface area contributed by atoms with Gasteiger partial charge in [0.25, 0.3) is 6.43 Å². The molecule has 0 saturated carbocycles. The van der Waals surface area contributed by atoms with Crippen LogP contribution >= 0.6 is 11.3 Å². The molecule has 2 heterocycles. The number of thiazole rings is 1. The summed E-state index contributed by atoms with van der Waals surface area (Å²) in [6, 6.07) is 5.69. The molecule has 0 aliphatic heterocycles. The first-order valence-electron chi connectivity index (χ1n) is 6.18. The average molecular weight is 299 g/mol. The van der Waals surface area contributed by atoms with E-state index in [9.17, 15) is 8.78 Å². The number of hydrogen-bond donors (Lipinski definition) is 1. The molecular weight excluding hydrogens is 284 g/mol. The quantitative estimate of drug-likeness (QED) is 0.761. The Hall–Kier alpha value is -1.44. The molecule has 0 atom stereocenters. The fourth-order valence-corrected chi connectivity index (χ4v) is 2.32. The van der Waals surface area contributed by atoms with Crippen molar-refractivity contribution in [3.8, 4) is 10.7 Å². The minimum atomic E-state index is -2.41. The second-order valence-corrected chi connectivity index (χ2v) is 4.86. The van der Waals surface area contributed by atoms with Crippen molar-refractivity contribution in [1.29, 1.82) is 0 Å². The van der Waals surface area contributed by atoms with Gasteiger partial charge in [0.15, 0.2) is 0 Å². The van der Waals surface area contributed by atoms with Crippen molar-refractivity contribution in [3.05, 3.63) is 35.5 Å². The Bertz CT molecular complexity index is 507. The monoisotopic (exact) mass is 299 g/mol. The molecule has 0 aliphatic rings. The highest BCUT2D eigenvalue weighted by Gasteiger charge is 2.05. The van der Waals surface area contributed by atoms with Crippen LogP contribution in [0.15, 0.2) is 29.8 Å². The molecule has 20 heavy (non-hydrogen) atoms. The highest BCUT2D eigenvalue weighted by Crippen LogP contribution is 2.20. The van der Waals surface area contributed by atoms with Gasteiger partial charge in [-0.05, 0) is 12.1 Å². The third-order valence-electron chi connectivity index (χ3n) is 2.41. The summed E-state index contributed by atoms with van der Waals surface area (Å²) in [5.41, 5.74) is 1.76. The number of rotatable bonds is 8. The van der Waals surface area contributed by atoms with E-state index in [0.717, 1.165) is 16.4 Å². The summed E-state index contributed by atoms with van der Waals surface area (Å²) in [7, 11) is 0. The van der Waals surface area contributed by atoms with E-state index < -0.39 is 13.0 Å². The lowest BCUT2D eigenvalue weighted by Gasteiger charge is -2.04. The van der Waals surface area contributed by atoms with Gasteiger partial charge in [-0.2, -0.15) is 0 Å². The smallest absolute Gasteiger partial charge is 0.261 e. The van der Waals surface area contributed by atoms with Gasteiger partial charge in [-0.1, -0.05) is 6.07 Å². The van der Waals surface area contributed by atoms with Gasteiger partial charge >= 0.3 is 0 Å². The van der Waals surface area contributed by atoms with E-state index in [1.165, 1.54) is 11.3 Å². The Labute approximate surface area is 119 Å². The molecular formula is C13H15F2N3OS. The maximum absolute atomic E-state index is 11.8. The molecule has 2 aromatic rings. The van der Waals surface area contributed by atoms with Crippen molar-refractivity contribution in [2.75, 3.05) is 19.8 Å². The molecule has 7 heteroatoms. The summed E-state index contributed by atoms with van der Waals surface area (Å²) < 4.78 is 28.4. The third kappa shape index (κ3) is 4.92. The number of nitrogens with zero attached hydrogens (tertiary/aromatic N) is 2. The van der Waals surface area contributed by atoms with Crippen LogP contribution in [0, 0.1) is 0 Å². The predicted molar refractivity (Wildman–Crippen MR) is 73.9 cm³/mol. The Kier molecular flexibility index (Phi) is 5.97. The minimum Gasteiger partial charge on any atom is -0.374 e. The molecule has 2 aromatic heterocycles. The van der Waals surface area contributed by atoms with Crippen molar-refractivity contribution in [2.24, 2.45) is 0 Å². The molecule has 0 saturated heterocycles. The number of alkyl halides is 2. The zero-order chi connectivity index (χ0) is 14.2. The van der Waals surface area contributed by atoms with Crippen molar-refractivity contribution in [3.63, 3.8) is 0 Å². The van der Waals surface area contributed by atoms with Crippen molar-refractivity contribution in [1.82, 2.24) is 15.3 Å². The largest absolute Gasteiger partial charge is 0.374 e. The Morgan fingerprint density at radius 3 is 3.00 bits per heavy atom. The molecule has 0 aromatic carbocycles. The third-order valence-corrected chi connectivity index (χ3v) is 3.32. The van der Waals surface area contributed by atoms with Crippen LogP contribution in [0.2, 0.25) is 0 Å². The Morgan fingerprint density at radius 2 is 2.25 bits per heavy atom. The molecule has 108 valence electrons. The van der Waals surface area contributed by atoms with Gasteiger partial charge in [0.2, 0.25) is 0 Å². The SMILES string of the molecule is FC(F)COCCNCc1csc(-c2ccccn2)n1. The van der Waals surface area contributed by atoms with E-state index >= 15 is 0 Å². The van der Waals surface area contributed by atoms with Crippen molar-refractivity contribution < 1.29 is 13.5 Å². The first-order valence-corrected chi connectivity index (χ1v) is 7.06. The fraction of sp³-hybridized carbons (Fsp3) is 0.385. The molecule has 0 fully saturated rings. The second-order valence-electron chi connectivity index (χ2n) is 4.00. The number of ether oxygens (including phenoxy) is 1. The number of halogens is 2. The van der Waals surface area contributed by atoms with Gasteiger partial charge in [-0.15, -0.1) is 11.3 Å². The van der Waals surface area contributed by atoms with Gasteiger partial charge in [-0.3, -0.25) is 4.98 Å². The van der Waals surface area contributed by atoms with E-state index in [2.05, 4.69) is 15.3 Å². The number of hydrogen-bond acceptors (Lipinski definition) is 5. The van der Waals surface area contributed by atoms with Gasteiger partial charge in [0, 0.05) is 24.7 Å². The maximum Gasteiger partial charge on any atom is 0.261 e. The Morgan fingerprint density at radius 1 is 1.35 bits per heavy atom.